The summed E-state index contributed by atoms with van der Waals surface area (Å²) in [6.45, 7) is 4.96. The molecule has 1 aromatic carbocycles. The molecule has 21 heavy (non-hydrogen) atoms. The smallest absolute Gasteiger partial charge is 0.123 e. The lowest BCUT2D eigenvalue weighted by Gasteiger charge is -2.44. The largest absolute Gasteiger partial charge is 0.494 e. The van der Waals surface area contributed by atoms with Crippen LogP contribution in [0.3, 0.4) is 0 Å². The number of piperidine rings is 1. The summed E-state index contributed by atoms with van der Waals surface area (Å²) in [5, 5.41) is 0. The van der Waals surface area contributed by atoms with Gasteiger partial charge in [-0.3, -0.25) is 4.90 Å². The predicted octanol–water partition coefficient (Wildman–Crippen LogP) is 3.82. The van der Waals surface area contributed by atoms with Crippen molar-refractivity contribution < 1.29 is 4.74 Å². The minimum Gasteiger partial charge on any atom is -0.494 e. The van der Waals surface area contributed by atoms with Gasteiger partial charge in [0, 0.05) is 23.8 Å². The molecule has 116 valence electrons. The van der Waals surface area contributed by atoms with Gasteiger partial charge in [0.25, 0.3) is 0 Å². The number of likely N-dealkylation sites (tertiary alicyclic amines) is 1. The van der Waals surface area contributed by atoms with Crippen molar-refractivity contribution in [3.63, 3.8) is 0 Å². The first-order valence-corrected chi connectivity index (χ1v) is 8.53. The molecule has 0 aromatic heterocycles. The second-order valence-electron chi connectivity index (χ2n) is 6.52. The summed E-state index contributed by atoms with van der Waals surface area (Å²) in [6, 6.07) is 6.84. The monoisotopic (exact) mass is 288 g/mol. The molecular weight excluding hydrogens is 260 g/mol. The molecule has 1 heterocycles. The Morgan fingerprint density at radius 1 is 1.19 bits per heavy atom. The van der Waals surface area contributed by atoms with E-state index in [1.54, 1.807) is 0 Å². The van der Waals surface area contributed by atoms with E-state index in [0.717, 1.165) is 29.9 Å². The van der Waals surface area contributed by atoms with Gasteiger partial charge in [0.2, 0.25) is 0 Å². The number of ether oxygens (including phenoxy) is 1. The first-order valence-electron chi connectivity index (χ1n) is 8.53. The van der Waals surface area contributed by atoms with E-state index < -0.39 is 0 Å². The van der Waals surface area contributed by atoms with Crippen molar-refractivity contribution in [1.29, 1.82) is 0 Å². The van der Waals surface area contributed by atoms with Gasteiger partial charge in [-0.1, -0.05) is 12.8 Å². The van der Waals surface area contributed by atoms with Crippen LogP contribution in [0.15, 0.2) is 18.2 Å². The van der Waals surface area contributed by atoms with E-state index in [1.165, 1.54) is 50.6 Å². The molecule has 3 heteroatoms. The van der Waals surface area contributed by atoms with Crippen molar-refractivity contribution in [3.8, 4) is 5.75 Å². The molecule has 0 amide bonds. The zero-order valence-electron chi connectivity index (χ0n) is 13.2. The Hall–Kier alpha value is -1.22. The van der Waals surface area contributed by atoms with Gasteiger partial charge in [-0.05, 0) is 63.3 Å². The maximum atomic E-state index is 5.99. The summed E-state index contributed by atoms with van der Waals surface area (Å²) in [7, 11) is 0. The topological polar surface area (TPSA) is 38.5 Å². The molecule has 0 bridgehead atoms. The van der Waals surface area contributed by atoms with E-state index in [1.807, 2.05) is 19.1 Å². The number of nitrogen functional groups attached to an aromatic ring is 1. The van der Waals surface area contributed by atoms with Gasteiger partial charge in [0.1, 0.15) is 5.75 Å². The lowest BCUT2D eigenvalue weighted by atomic mass is 9.78. The second kappa shape index (κ2) is 6.69. The zero-order valence-corrected chi connectivity index (χ0v) is 13.2. The van der Waals surface area contributed by atoms with Crippen LogP contribution >= 0.6 is 0 Å². The lowest BCUT2D eigenvalue weighted by Crippen LogP contribution is -2.46. The normalized spacial score (nSPS) is 26.3. The van der Waals surface area contributed by atoms with Crippen LogP contribution < -0.4 is 10.5 Å². The van der Waals surface area contributed by atoms with Crippen LogP contribution in [0.25, 0.3) is 0 Å². The van der Waals surface area contributed by atoms with Crippen LogP contribution in [-0.2, 0) is 6.54 Å². The molecule has 2 atom stereocenters. The fourth-order valence-electron chi connectivity index (χ4n) is 4.16. The Balaban J connectivity index is 1.77. The molecule has 1 aliphatic heterocycles. The van der Waals surface area contributed by atoms with Crippen molar-refractivity contribution >= 4 is 5.69 Å². The number of anilines is 1. The molecule has 0 radical (unpaired) electrons. The average molecular weight is 288 g/mol. The van der Waals surface area contributed by atoms with Gasteiger partial charge in [-0.15, -0.1) is 0 Å². The molecule has 1 aliphatic carbocycles. The Morgan fingerprint density at radius 2 is 2.00 bits per heavy atom. The van der Waals surface area contributed by atoms with E-state index in [9.17, 15) is 0 Å². The SMILES string of the molecule is CCOc1ccc(N)cc1CN1CCCC2CCCCC21. The van der Waals surface area contributed by atoms with Crippen molar-refractivity contribution in [2.75, 3.05) is 18.9 Å². The van der Waals surface area contributed by atoms with Gasteiger partial charge in [0.05, 0.1) is 6.61 Å². The number of benzene rings is 1. The molecule has 2 fully saturated rings. The highest BCUT2D eigenvalue weighted by Crippen LogP contribution is 2.36. The van der Waals surface area contributed by atoms with E-state index in [4.69, 9.17) is 10.5 Å². The van der Waals surface area contributed by atoms with E-state index in [2.05, 4.69) is 11.0 Å². The molecule has 3 nitrogen and oxygen atoms in total. The molecular formula is C18H28N2O. The van der Waals surface area contributed by atoms with Crippen LogP contribution in [0.4, 0.5) is 5.69 Å². The summed E-state index contributed by atoms with van der Waals surface area (Å²) in [6.07, 6.45) is 8.39. The minimum absolute atomic E-state index is 0.711. The number of rotatable bonds is 4. The van der Waals surface area contributed by atoms with Gasteiger partial charge < -0.3 is 10.5 Å². The summed E-state index contributed by atoms with van der Waals surface area (Å²) < 4.78 is 5.79. The highest BCUT2D eigenvalue weighted by atomic mass is 16.5. The van der Waals surface area contributed by atoms with Crippen molar-refractivity contribution in [2.24, 2.45) is 5.92 Å². The third-order valence-electron chi connectivity index (χ3n) is 5.12. The van der Waals surface area contributed by atoms with Crippen LogP contribution in [-0.4, -0.2) is 24.1 Å². The Labute approximate surface area is 128 Å². The number of hydrogen-bond acceptors (Lipinski definition) is 3. The zero-order chi connectivity index (χ0) is 14.7. The summed E-state index contributed by atoms with van der Waals surface area (Å²) >= 11 is 0. The standard InChI is InChI=1S/C18H28N2O/c1-2-21-18-10-9-16(19)12-15(18)13-20-11-5-7-14-6-3-4-8-17(14)20/h9-10,12,14,17H,2-8,11,13,19H2,1H3. The molecule has 1 aromatic rings. The van der Waals surface area contributed by atoms with Gasteiger partial charge >= 0.3 is 0 Å². The average Bonchev–Trinajstić information content (AvgIpc) is 2.50. The summed E-state index contributed by atoms with van der Waals surface area (Å²) in [5.41, 5.74) is 8.08. The van der Waals surface area contributed by atoms with Crippen LogP contribution in [0.2, 0.25) is 0 Å². The van der Waals surface area contributed by atoms with Crippen LogP contribution in [0.1, 0.15) is 51.0 Å². The first-order chi connectivity index (χ1) is 10.3. The molecule has 1 saturated heterocycles. The Kier molecular flexibility index (Phi) is 4.69. The molecule has 1 saturated carbocycles. The molecule has 2 unspecified atom stereocenters. The highest BCUT2D eigenvalue weighted by molar-refractivity contribution is 5.47. The van der Waals surface area contributed by atoms with Crippen molar-refractivity contribution in [3.05, 3.63) is 23.8 Å². The van der Waals surface area contributed by atoms with Crippen molar-refractivity contribution in [2.45, 2.75) is 58.0 Å². The summed E-state index contributed by atoms with van der Waals surface area (Å²) in [4.78, 5) is 2.69. The maximum absolute atomic E-state index is 5.99. The van der Waals surface area contributed by atoms with Gasteiger partial charge in [-0.2, -0.15) is 0 Å². The molecule has 0 spiro atoms. The fourth-order valence-corrected chi connectivity index (χ4v) is 4.16. The first kappa shape index (κ1) is 14.7. The number of hydrogen-bond donors (Lipinski definition) is 1. The van der Waals surface area contributed by atoms with Crippen LogP contribution in [0, 0.1) is 5.92 Å². The molecule has 3 rings (SSSR count). The predicted molar refractivity (Wildman–Crippen MR) is 87.4 cm³/mol. The maximum Gasteiger partial charge on any atom is 0.123 e. The van der Waals surface area contributed by atoms with E-state index in [-0.39, 0.29) is 0 Å². The highest BCUT2D eigenvalue weighted by Gasteiger charge is 2.33. The lowest BCUT2D eigenvalue weighted by molar-refractivity contribution is 0.0540. The fraction of sp³-hybridized carbons (Fsp3) is 0.667. The van der Waals surface area contributed by atoms with E-state index >= 15 is 0 Å². The number of nitrogens with zero attached hydrogens (tertiary/aromatic N) is 1. The molecule has 2 N–H and O–H groups in total. The summed E-state index contributed by atoms with van der Waals surface area (Å²) in [5.74, 6) is 1.92. The number of fused-ring (bicyclic) bond motifs is 1. The molecule has 2 aliphatic rings. The Bertz CT molecular complexity index is 472. The second-order valence-corrected chi connectivity index (χ2v) is 6.52. The Morgan fingerprint density at radius 3 is 2.86 bits per heavy atom. The van der Waals surface area contributed by atoms with Gasteiger partial charge in [0.15, 0.2) is 0 Å². The minimum atomic E-state index is 0.711. The van der Waals surface area contributed by atoms with Gasteiger partial charge in [-0.25, -0.2) is 0 Å². The number of nitrogens with two attached hydrogens (primary N) is 1. The van der Waals surface area contributed by atoms with Crippen molar-refractivity contribution in [1.82, 2.24) is 4.90 Å². The third kappa shape index (κ3) is 3.34. The quantitative estimate of drug-likeness (QED) is 0.856. The van der Waals surface area contributed by atoms with Crippen LogP contribution in [0.5, 0.6) is 5.75 Å². The third-order valence-corrected chi connectivity index (χ3v) is 5.12. The van der Waals surface area contributed by atoms with E-state index in [0.29, 0.717) is 6.61 Å².